The normalized spacial score (nSPS) is 12.4. The Labute approximate surface area is 124 Å². The first-order chi connectivity index (χ1) is 9.10. The van der Waals surface area contributed by atoms with Gasteiger partial charge in [0.05, 0.1) is 3.79 Å². The predicted octanol–water partition coefficient (Wildman–Crippen LogP) is 4.51. The largest absolute Gasteiger partial charge is 0.488 e. The van der Waals surface area contributed by atoms with Crippen molar-refractivity contribution in [3.05, 3.63) is 50.4 Å². The summed E-state index contributed by atoms with van der Waals surface area (Å²) in [4.78, 5) is 1.10. The molecule has 1 aromatic carbocycles. The summed E-state index contributed by atoms with van der Waals surface area (Å²) < 4.78 is 20.2. The molecule has 2 rings (SSSR count). The second-order valence-electron chi connectivity index (χ2n) is 4.19. The van der Waals surface area contributed by atoms with Gasteiger partial charge in [0.1, 0.15) is 18.2 Å². The Balaban J connectivity index is 2.16. The predicted molar refractivity (Wildman–Crippen MR) is 80.2 cm³/mol. The Morgan fingerprint density at radius 3 is 2.79 bits per heavy atom. The molecule has 1 atom stereocenters. The van der Waals surface area contributed by atoms with E-state index in [-0.39, 0.29) is 11.9 Å². The molecule has 0 saturated carbocycles. The van der Waals surface area contributed by atoms with Crippen molar-refractivity contribution in [3.63, 3.8) is 0 Å². The smallest absolute Gasteiger partial charge is 0.127 e. The van der Waals surface area contributed by atoms with Crippen LogP contribution in [0.2, 0.25) is 0 Å². The van der Waals surface area contributed by atoms with Crippen molar-refractivity contribution in [2.45, 2.75) is 19.6 Å². The molecule has 102 valence electrons. The third-order valence-electron chi connectivity index (χ3n) is 2.87. The maximum absolute atomic E-state index is 13.3. The van der Waals surface area contributed by atoms with E-state index in [2.05, 4.69) is 21.2 Å². The summed E-state index contributed by atoms with van der Waals surface area (Å²) in [6.45, 7) is 2.46. The highest BCUT2D eigenvalue weighted by molar-refractivity contribution is 9.11. The molecule has 1 heterocycles. The zero-order valence-electron chi connectivity index (χ0n) is 10.7. The molecule has 1 aromatic heterocycles. The maximum Gasteiger partial charge on any atom is 0.127 e. The molecule has 0 spiro atoms. The van der Waals surface area contributed by atoms with Crippen molar-refractivity contribution in [3.8, 4) is 5.75 Å². The van der Waals surface area contributed by atoms with Gasteiger partial charge in [-0.05, 0) is 48.1 Å². The molecule has 0 bridgehead atoms. The van der Waals surface area contributed by atoms with Crippen LogP contribution in [0.15, 0.2) is 34.1 Å². The lowest BCUT2D eigenvalue weighted by Crippen LogP contribution is -2.13. The van der Waals surface area contributed by atoms with E-state index in [1.807, 2.05) is 26.1 Å². The molecular weight excluding hydrogens is 329 g/mol. The van der Waals surface area contributed by atoms with Crippen LogP contribution in [0.1, 0.15) is 23.4 Å². The molecule has 0 aliphatic rings. The SMILES string of the molecule is CNC(C)c1ccc(F)cc1OCc1ccc(Br)s1. The van der Waals surface area contributed by atoms with Crippen LogP contribution in [0.5, 0.6) is 5.75 Å². The molecule has 2 aromatic rings. The second-order valence-corrected chi connectivity index (χ2v) is 6.73. The molecule has 2 nitrogen and oxygen atoms in total. The number of hydrogen-bond donors (Lipinski definition) is 1. The molecule has 0 aliphatic heterocycles. The van der Waals surface area contributed by atoms with Crippen molar-refractivity contribution >= 4 is 27.3 Å². The molecule has 0 fully saturated rings. The third kappa shape index (κ3) is 3.78. The summed E-state index contributed by atoms with van der Waals surface area (Å²) in [5, 5.41) is 3.14. The topological polar surface area (TPSA) is 21.3 Å². The molecule has 0 saturated heterocycles. The molecule has 0 radical (unpaired) electrons. The van der Waals surface area contributed by atoms with Gasteiger partial charge < -0.3 is 10.1 Å². The van der Waals surface area contributed by atoms with Gasteiger partial charge in [-0.2, -0.15) is 0 Å². The molecule has 5 heteroatoms. The molecule has 1 N–H and O–H groups in total. The number of hydrogen-bond acceptors (Lipinski definition) is 3. The van der Waals surface area contributed by atoms with Gasteiger partial charge in [0.2, 0.25) is 0 Å². The van der Waals surface area contributed by atoms with E-state index in [1.54, 1.807) is 17.4 Å². The summed E-state index contributed by atoms with van der Waals surface area (Å²) in [6, 6.07) is 8.74. The lowest BCUT2D eigenvalue weighted by Gasteiger charge is -2.16. The number of rotatable bonds is 5. The first-order valence-electron chi connectivity index (χ1n) is 5.94. The van der Waals surface area contributed by atoms with Crippen molar-refractivity contribution < 1.29 is 9.13 Å². The van der Waals surface area contributed by atoms with Crippen molar-refractivity contribution in [2.75, 3.05) is 7.05 Å². The van der Waals surface area contributed by atoms with Crippen LogP contribution < -0.4 is 10.1 Å². The zero-order chi connectivity index (χ0) is 13.8. The summed E-state index contributed by atoms with van der Waals surface area (Å²) in [5.74, 6) is 0.306. The van der Waals surface area contributed by atoms with E-state index < -0.39 is 0 Å². The Bertz CT molecular complexity index is 558. The minimum Gasteiger partial charge on any atom is -0.488 e. The van der Waals surface area contributed by atoms with Crippen LogP contribution in [0, 0.1) is 5.82 Å². The van der Waals surface area contributed by atoms with Crippen LogP contribution in [0.4, 0.5) is 4.39 Å². The minimum atomic E-state index is -0.283. The number of halogens is 2. The summed E-state index contributed by atoms with van der Waals surface area (Å²) in [5.41, 5.74) is 0.958. The van der Waals surface area contributed by atoms with Crippen LogP contribution in [-0.4, -0.2) is 7.05 Å². The Hall–Kier alpha value is -0.910. The number of thiophene rings is 1. The van der Waals surface area contributed by atoms with E-state index in [1.165, 1.54) is 12.1 Å². The summed E-state index contributed by atoms with van der Waals surface area (Å²) in [7, 11) is 1.87. The second kappa shape index (κ2) is 6.50. The zero-order valence-corrected chi connectivity index (χ0v) is 13.1. The van der Waals surface area contributed by atoms with Gasteiger partial charge in [0.25, 0.3) is 0 Å². The van der Waals surface area contributed by atoms with Gasteiger partial charge in [0, 0.05) is 22.5 Å². The quantitative estimate of drug-likeness (QED) is 0.862. The highest BCUT2D eigenvalue weighted by Crippen LogP contribution is 2.28. The fourth-order valence-corrected chi connectivity index (χ4v) is 3.12. The summed E-state index contributed by atoms with van der Waals surface area (Å²) >= 11 is 5.03. The van der Waals surface area contributed by atoms with Crippen molar-refractivity contribution in [1.29, 1.82) is 0 Å². The Morgan fingerprint density at radius 2 is 2.16 bits per heavy atom. The lowest BCUT2D eigenvalue weighted by molar-refractivity contribution is 0.302. The maximum atomic E-state index is 13.3. The van der Waals surface area contributed by atoms with E-state index in [4.69, 9.17) is 4.74 Å². The standard InChI is InChI=1S/C14H15BrFNOS/c1-9(17-2)12-5-3-10(16)7-13(12)18-8-11-4-6-14(15)19-11/h3-7,9,17H,8H2,1-2H3. The van der Waals surface area contributed by atoms with Crippen LogP contribution in [-0.2, 0) is 6.61 Å². The van der Waals surface area contributed by atoms with Crippen LogP contribution in [0.3, 0.4) is 0 Å². The molecule has 1 unspecified atom stereocenters. The van der Waals surface area contributed by atoms with E-state index in [9.17, 15) is 4.39 Å². The van der Waals surface area contributed by atoms with E-state index >= 15 is 0 Å². The third-order valence-corrected chi connectivity index (χ3v) is 4.47. The molecule has 0 aliphatic carbocycles. The lowest BCUT2D eigenvalue weighted by atomic mass is 10.1. The first kappa shape index (κ1) is 14.5. The van der Waals surface area contributed by atoms with Gasteiger partial charge in [-0.1, -0.05) is 6.07 Å². The average Bonchev–Trinajstić information content (AvgIpc) is 2.81. The van der Waals surface area contributed by atoms with Gasteiger partial charge >= 0.3 is 0 Å². The van der Waals surface area contributed by atoms with Crippen molar-refractivity contribution in [2.24, 2.45) is 0 Å². The highest BCUT2D eigenvalue weighted by Gasteiger charge is 2.11. The number of ether oxygens (including phenoxy) is 1. The van der Waals surface area contributed by atoms with Crippen molar-refractivity contribution in [1.82, 2.24) is 5.32 Å². The molecule has 0 amide bonds. The molecule has 19 heavy (non-hydrogen) atoms. The average molecular weight is 344 g/mol. The number of nitrogens with one attached hydrogen (secondary N) is 1. The van der Waals surface area contributed by atoms with E-state index in [0.717, 1.165) is 14.2 Å². The van der Waals surface area contributed by atoms with Crippen LogP contribution in [0.25, 0.3) is 0 Å². The van der Waals surface area contributed by atoms with Gasteiger partial charge in [-0.15, -0.1) is 11.3 Å². The molecular formula is C14H15BrFNOS. The minimum absolute atomic E-state index is 0.116. The number of benzene rings is 1. The van der Waals surface area contributed by atoms with Gasteiger partial charge in [0.15, 0.2) is 0 Å². The Morgan fingerprint density at radius 1 is 1.37 bits per heavy atom. The van der Waals surface area contributed by atoms with E-state index in [0.29, 0.717) is 12.4 Å². The summed E-state index contributed by atoms with van der Waals surface area (Å²) in [6.07, 6.45) is 0. The van der Waals surface area contributed by atoms with Crippen LogP contribution >= 0.6 is 27.3 Å². The highest BCUT2D eigenvalue weighted by atomic mass is 79.9. The van der Waals surface area contributed by atoms with Gasteiger partial charge in [-0.3, -0.25) is 0 Å². The first-order valence-corrected chi connectivity index (χ1v) is 7.55. The Kier molecular flexibility index (Phi) is 4.96. The fraction of sp³-hybridized carbons (Fsp3) is 0.286. The fourth-order valence-electron chi connectivity index (χ4n) is 1.72. The monoisotopic (exact) mass is 343 g/mol. The van der Waals surface area contributed by atoms with Gasteiger partial charge in [-0.25, -0.2) is 4.39 Å².